The van der Waals surface area contributed by atoms with Crippen LogP contribution in [0.2, 0.25) is 0 Å². The molecule has 21 heavy (non-hydrogen) atoms. The van der Waals surface area contributed by atoms with Gasteiger partial charge in [0.15, 0.2) is 5.82 Å². The van der Waals surface area contributed by atoms with Crippen LogP contribution in [0.15, 0.2) is 28.9 Å². The third-order valence-electron chi connectivity index (χ3n) is 2.99. The van der Waals surface area contributed by atoms with Crippen molar-refractivity contribution in [1.82, 2.24) is 10.1 Å². The van der Waals surface area contributed by atoms with Gasteiger partial charge in [-0.1, -0.05) is 38.9 Å². The Hall–Kier alpha value is -2.17. The highest BCUT2D eigenvalue weighted by Gasteiger charge is 2.17. The molecular weight excluding hydrogens is 266 g/mol. The quantitative estimate of drug-likeness (QED) is 0.934. The summed E-state index contributed by atoms with van der Waals surface area (Å²) in [6.07, 6.45) is 3.13. The van der Waals surface area contributed by atoms with Gasteiger partial charge in [0.2, 0.25) is 0 Å². The first-order valence-electron chi connectivity index (χ1n) is 7.10. The number of carbonyl (C=O) groups is 1. The van der Waals surface area contributed by atoms with E-state index in [1.54, 1.807) is 12.3 Å². The van der Waals surface area contributed by atoms with E-state index in [1.165, 1.54) is 0 Å². The Morgan fingerprint density at radius 2 is 2.14 bits per heavy atom. The number of hydrogen-bond acceptors (Lipinski definition) is 4. The van der Waals surface area contributed by atoms with Crippen molar-refractivity contribution in [2.24, 2.45) is 5.41 Å². The zero-order chi connectivity index (χ0) is 15.5. The van der Waals surface area contributed by atoms with Gasteiger partial charge in [0.25, 0.3) is 5.91 Å². The number of rotatable bonds is 4. The fraction of sp³-hybridized carbons (Fsp3) is 0.438. The number of anilines is 1. The number of hydrogen-bond donors (Lipinski definition) is 1. The normalized spacial score (nSPS) is 11.4. The van der Waals surface area contributed by atoms with Crippen LogP contribution >= 0.6 is 0 Å². The topological polar surface area (TPSA) is 68.0 Å². The molecule has 0 aliphatic carbocycles. The first-order chi connectivity index (χ1) is 9.89. The average molecular weight is 287 g/mol. The lowest BCUT2D eigenvalue weighted by Crippen LogP contribution is -2.16. The SMILES string of the molecule is CCc1cccnc1C(=O)Nc1cc(CC(C)(C)C)on1. The highest BCUT2D eigenvalue weighted by atomic mass is 16.5. The van der Waals surface area contributed by atoms with Crippen molar-refractivity contribution in [3.05, 3.63) is 41.4 Å². The Bertz CT molecular complexity index is 626. The van der Waals surface area contributed by atoms with Gasteiger partial charge in [0.1, 0.15) is 11.5 Å². The molecule has 0 atom stereocenters. The highest BCUT2D eigenvalue weighted by molar-refractivity contribution is 6.03. The molecule has 2 aromatic rings. The molecule has 112 valence electrons. The Kier molecular flexibility index (Phi) is 4.40. The Labute approximate surface area is 124 Å². The molecule has 1 N–H and O–H groups in total. The number of aryl methyl sites for hydroxylation is 1. The van der Waals surface area contributed by atoms with Crippen LogP contribution in [0.3, 0.4) is 0 Å². The maximum absolute atomic E-state index is 12.2. The van der Waals surface area contributed by atoms with E-state index in [0.717, 1.165) is 24.2 Å². The summed E-state index contributed by atoms with van der Waals surface area (Å²) in [7, 11) is 0. The molecular formula is C16H21N3O2. The fourth-order valence-electron chi connectivity index (χ4n) is 2.08. The summed E-state index contributed by atoms with van der Waals surface area (Å²) in [6.45, 7) is 8.35. The summed E-state index contributed by atoms with van der Waals surface area (Å²) in [5.41, 5.74) is 1.45. The van der Waals surface area contributed by atoms with Crippen molar-refractivity contribution in [2.75, 3.05) is 5.32 Å². The molecule has 2 rings (SSSR count). The number of amides is 1. The number of nitrogens with zero attached hydrogens (tertiary/aromatic N) is 2. The van der Waals surface area contributed by atoms with Gasteiger partial charge in [-0.2, -0.15) is 0 Å². The maximum atomic E-state index is 12.2. The molecule has 0 bridgehead atoms. The molecule has 2 heterocycles. The third kappa shape index (κ3) is 4.15. The van der Waals surface area contributed by atoms with Gasteiger partial charge in [0.05, 0.1) is 0 Å². The second-order valence-corrected chi connectivity index (χ2v) is 6.23. The summed E-state index contributed by atoms with van der Waals surface area (Å²) in [4.78, 5) is 16.4. The van der Waals surface area contributed by atoms with Crippen LogP contribution in [0.5, 0.6) is 0 Å². The second-order valence-electron chi connectivity index (χ2n) is 6.23. The molecule has 0 aliphatic rings. The van der Waals surface area contributed by atoms with E-state index in [0.29, 0.717) is 11.5 Å². The summed E-state index contributed by atoms with van der Waals surface area (Å²) in [5.74, 6) is 0.921. The Morgan fingerprint density at radius 3 is 2.81 bits per heavy atom. The average Bonchev–Trinajstić information content (AvgIpc) is 2.83. The van der Waals surface area contributed by atoms with Gasteiger partial charge in [-0.25, -0.2) is 0 Å². The van der Waals surface area contributed by atoms with Crippen LogP contribution in [0.1, 0.15) is 49.5 Å². The number of pyridine rings is 1. The van der Waals surface area contributed by atoms with E-state index in [2.05, 4.69) is 36.2 Å². The summed E-state index contributed by atoms with van der Waals surface area (Å²) >= 11 is 0. The van der Waals surface area contributed by atoms with Crippen molar-refractivity contribution in [3.63, 3.8) is 0 Å². The minimum Gasteiger partial charge on any atom is -0.359 e. The monoisotopic (exact) mass is 287 g/mol. The minimum atomic E-state index is -0.261. The Morgan fingerprint density at radius 1 is 1.38 bits per heavy atom. The molecule has 0 unspecified atom stereocenters. The van der Waals surface area contributed by atoms with Crippen molar-refractivity contribution >= 4 is 11.7 Å². The molecule has 2 aromatic heterocycles. The standard InChI is InChI=1S/C16H21N3O2/c1-5-11-7-6-8-17-14(11)15(20)18-13-9-12(21-19-13)10-16(2,3)4/h6-9H,5,10H2,1-4H3,(H,18,19,20). The minimum absolute atomic E-state index is 0.108. The smallest absolute Gasteiger partial charge is 0.275 e. The lowest BCUT2D eigenvalue weighted by atomic mass is 9.91. The van der Waals surface area contributed by atoms with Gasteiger partial charge in [-0.05, 0) is 23.5 Å². The van der Waals surface area contributed by atoms with Crippen molar-refractivity contribution in [1.29, 1.82) is 0 Å². The van der Waals surface area contributed by atoms with E-state index >= 15 is 0 Å². The maximum Gasteiger partial charge on any atom is 0.275 e. The van der Waals surface area contributed by atoms with Crippen molar-refractivity contribution in [3.8, 4) is 0 Å². The largest absolute Gasteiger partial charge is 0.359 e. The predicted octanol–water partition coefficient (Wildman–Crippen LogP) is 3.47. The van der Waals surface area contributed by atoms with Crippen molar-refractivity contribution < 1.29 is 9.32 Å². The molecule has 0 spiro atoms. The van der Waals surface area contributed by atoms with Crippen LogP contribution in [0.4, 0.5) is 5.82 Å². The van der Waals surface area contributed by atoms with Crippen LogP contribution in [0, 0.1) is 5.41 Å². The first-order valence-corrected chi connectivity index (χ1v) is 7.10. The zero-order valence-corrected chi connectivity index (χ0v) is 12.9. The zero-order valence-electron chi connectivity index (χ0n) is 12.9. The van der Waals surface area contributed by atoms with Gasteiger partial charge >= 0.3 is 0 Å². The Balaban J connectivity index is 2.10. The van der Waals surface area contributed by atoms with Gasteiger partial charge in [-0.15, -0.1) is 0 Å². The van der Waals surface area contributed by atoms with Crippen LogP contribution < -0.4 is 5.32 Å². The van der Waals surface area contributed by atoms with E-state index in [4.69, 9.17) is 4.52 Å². The van der Waals surface area contributed by atoms with E-state index in [9.17, 15) is 4.79 Å². The van der Waals surface area contributed by atoms with E-state index < -0.39 is 0 Å². The van der Waals surface area contributed by atoms with Gasteiger partial charge in [-0.3, -0.25) is 9.78 Å². The van der Waals surface area contributed by atoms with E-state index in [1.807, 2.05) is 19.1 Å². The molecule has 5 nitrogen and oxygen atoms in total. The van der Waals surface area contributed by atoms with Crippen LogP contribution in [0.25, 0.3) is 0 Å². The van der Waals surface area contributed by atoms with Crippen molar-refractivity contribution in [2.45, 2.75) is 40.5 Å². The lowest BCUT2D eigenvalue weighted by Gasteiger charge is -2.14. The molecule has 0 fully saturated rings. The number of carbonyl (C=O) groups excluding carboxylic acids is 1. The molecule has 0 radical (unpaired) electrons. The molecule has 5 heteroatoms. The van der Waals surface area contributed by atoms with E-state index in [-0.39, 0.29) is 11.3 Å². The van der Waals surface area contributed by atoms with Crippen LogP contribution in [-0.2, 0) is 12.8 Å². The molecule has 0 aliphatic heterocycles. The molecule has 0 saturated heterocycles. The number of aromatic nitrogens is 2. The van der Waals surface area contributed by atoms with Crippen LogP contribution in [-0.4, -0.2) is 16.0 Å². The highest BCUT2D eigenvalue weighted by Crippen LogP contribution is 2.22. The second kappa shape index (κ2) is 6.08. The molecule has 0 saturated carbocycles. The third-order valence-corrected chi connectivity index (χ3v) is 2.99. The predicted molar refractivity (Wildman–Crippen MR) is 81.2 cm³/mol. The lowest BCUT2D eigenvalue weighted by molar-refractivity contribution is 0.102. The molecule has 1 amide bonds. The summed E-state index contributed by atoms with van der Waals surface area (Å²) in [5, 5.41) is 6.62. The van der Waals surface area contributed by atoms with Gasteiger partial charge in [0, 0.05) is 18.7 Å². The van der Waals surface area contributed by atoms with Gasteiger partial charge < -0.3 is 9.84 Å². The summed E-state index contributed by atoms with van der Waals surface area (Å²) < 4.78 is 5.25. The first kappa shape index (κ1) is 15.2. The number of nitrogens with one attached hydrogen (secondary N) is 1. The molecule has 0 aromatic carbocycles. The summed E-state index contributed by atoms with van der Waals surface area (Å²) in [6, 6.07) is 5.49. The fourth-order valence-corrected chi connectivity index (χ4v) is 2.08.